The Bertz CT molecular complexity index is 717. The Kier molecular flexibility index (Phi) is 4.48. The summed E-state index contributed by atoms with van der Waals surface area (Å²) in [5.41, 5.74) is 1.23. The van der Waals surface area contributed by atoms with Crippen LogP contribution in [-0.2, 0) is 4.74 Å². The van der Waals surface area contributed by atoms with E-state index in [0.29, 0.717) is 17.6 Å². The van der Waals surface area contributed by atoms with Crippen molar-refractivity contribution in [3.63, 3.8) is 0 Å². The molecular weight excluding hydrogens is 314 g/mol. The van der Waals surface area contributed by atoms with E-state index in [-0.39, 0.29) is 16.8 Å². The maximum Gasteiger partial charge on any atom is 0.358 e. The van der Waals surface area contributed by atoms with E-state index < -0.39 is 5.97 Å². The number of carbonyl (C=O) groups excluding carboxylic acids is 1. The van der Waals surface area contributed by atoms with Gasteiger partial charge in [-0.3, -0.25) is 0 Å². The standard InChI is InChI=1S/C17H18ClN3O2/c1-10(11-6-4-3-5-7-11)19-16-13(18)14(17(22)23-2)20-15(21-16)12-8-9-12/h3-7,10,12H,8-9H2,1-2H3,(H,19,20,21). The molecule has 3 rings (SSSR count). The normalized spacial score (nSPS) is 15.1. The molecule has 0 radical (unpaired) electrons. The van der Waals surface area contributed by atoms with Crippen LogP contribution in [0.2, 0.25) is 5.02 Å². The first-order valence-corrected chi connectivity index (χ1v) is 7.95. The van der Waals surface area contributed by atoms with Crippen LogP contribution in [0, 0.1) is 0 Å². The number of halogens is 1. The Morgan fingerprint density at radius 2 is 2.00 bits per heavy atom. The summed E-state index contributed by atoms with van der Waals surface area (Å²) in [6.45, 7) is 2.02. The third-order valence-electron chi connectivity index (χ3n) is 3.84. The monoisotopic (exact) mass is 331 g/mol. The van der Waals surface area contributed by atoms with Crippen molar-refractivity contribution in [1.29, 1.82) is 0 Å². The molecule has 2 aromatic rings. The molecule has 0 aliphatic heterocycles. The van der Waals surface area contributed by atoms with E-state index in [1.54, 1.807) is 0 Å². The van der Waals surface area contributed by atoms with E-state index in [1.165, 1.54) is 7.11 Å². The molecule has 23 heavy (non-hydrogen) atoms. The number of anilines is 1. The summed E-state index contributed by atoms with van der Waals surface area (Å²) in [6.07, 6.45) is 2.08. The van der Waals surface area contributed by atoms with Crippen LogP contribution in [-0.4, -0.2) is 23.0 Å². The lowest BCUT2D eigenvalue weighted by atomic mass is 10.1. The molecule has 1 atom stereocenters. The van der Waals surface area contributed by atoms with Crippen molar-refractivity contribution in [2.24, 2.45) is 0 Å². The second-order valence-electron chi connectivity index (χ2n) is 5.64. The molecule has 1 aromatic heterocycles. The van der Waals surface area contributed by atoms with Gasteiger partial charge in [0.05, 0.1) is 7.11 Å². The van der Waals surface area contributed by atoms with Gasteiger partial charge in [0.15, 0.2) is 5.69 Å². The number of benzene rings is 1. The van der Waals surface area contributed by atoms with Crippen molar-refractivity contribution in [1.82, 2.24) is 9.97 Å². The fourth-order valence-corrected chi connectivity index (χ4v) is 2.56. The fourth-order valence-electron chi connectivity index (χ4n) is 2.35. The van der Waals surface area contributed by atoms with Crippen molar-refractivity contribution in [2.75, 3.05) is 12.4 Å². The predicted octanol–water partition coefficient (Wildman–Crippen LogP) is 3.97. The van der Waals surface area contributed by atoms with E-state index in [9.17, 15) is 4.79 Å². The molecule has 0 bridgehead atoms. The molecule has 1 heterocycles. The van der Waals surface area contributed by atoms with Crippen LogP contribution < -0.4 is 5.32 Å². The highest BCUT2D eigenvalue weighted by molar-refractivity contribution is 6.35. The molecule has 0 amide bonds. The second-order valence-corrected chi connectivity index (χ2v) is 6.01. The number of esters is 1. The van der Waals surface area contributed by atoms with Crippen LogP contribution in [0.3, 0.4) is 0 Å². The SMILES string of the molecule is COC(=O)c1nc(C2CC2)nc(NC(C)c2ccccc2)c1Cl. The highest BCUT2D eigenvalue weighted by Crippen LogP contribution is 2.40. The Labute approximate surface area is 140 Å². The summed E-state index contributed by atoms with van der Waals surface area (Å²) >= 11 is 6.32. The topological polar surface area (TPSA) is 64.1 Å². The molecular formula is C17H18ClN3O2. The minimum atomic E-state index is -0.547. The largest absolute Gasteiger partial charge is 0.464 e. The molecule has 1 fully saturated rings. The zero-order chi connectivity index (χ0) is 16.4. The Hall–Kier alpha value is -2.14. The van der Waals surface area contributed by atoms with Gasteiger partial charge >= 0.3 is 5.97 Å². The van der Waals surface area contributed by atoms with Crippen molar-refractivity contribution in [3.8, 4) is 0 Å². The number of hydrogen-bond acceptors (Lipinski definition) is 5. The molecule has 5 nitrogen and oxygen atoms in total. The van der Waals surface area contributed by atoms with E-state index in [2.05, 4.69) is 15.3 Å². The van der Waals surface area contributed by atoms with Crippen LogP contribution >= 0.6 is 11.6 Å². The summed E-state index contributed by atoms with van der Waals surface area (Å²) in [4.78, 5) is 20.7. The Morgan fingerprint density at radius 3 is 2.61 bits per heavy atom. The average molecular weight is 332 g/mol. The van der Waals surface area contributed by atoms with Crippen LogP contribution in [0.15, 0.2) is 30.3 Å². The molecule has 1 saturated carbocycles. The third-order valence-corrected chi connectivity index (χ3v) is 4.20. The predicted molar refractivity (Wildman–Crippen MR) is 88.8 cm³/mol. The lowest BCUT2D eigenvalue weighted by molar-refractivity contribution is 0.0593. The number of aromatic nitrogens is 2. The number of rotatable bonds is 5. The molecule has 1 unspecified atom stereocenters. The summed E-state index contributed by atoms with van der Waals surface area (Å²) in [5.74, 6) is 0.885. The van der Waals surface area contributed by atoms with Crippen LogP contribution in [0.5, 0.6) is 0 Å². The fraction of sp³-hybridized carbons (Fsp3) is 0.353. The van der Waals surface area contributed by atoms with Gasteiger partial charge in [-0.05, 0) is 25.3 Å². The van der Waals surface area contributed by atoms with Gasteiger partial charge in [-0.2, -0.15) is 0 Å². The van der Waals surface area contributed by atoms with E-state index in [0.717, 1.165) is 18.4 Å². The summed E-state index contributed by atoms with van der Waals surface area (Å²) in [7, 11) is 1.32. The van der Waals surface area contributed by atoms with Gasteiger partial charge in [-0.25, -0.2) is 14.8 Å². The number of carbonyl (C=O) groups is 1. The molecule has 0 spiro atoms. The lowest BCUT2D eigenvalue weighted by Crippen LogP contribution is -2.14. The van der Waals surface area contributed by atoms with E-state index in [1.807, 2.05) is 37.3 Å². The molecule has 0 saturated heterocycles. The van der Waals surface area contributed by atoms with Gasteiger partial charge in [-0.15, -0.1) is 0 Å². The molecule has 1 aromatic carbocycles. The van der Waals surface area contributed by atoms with E-state index >= 15 is 0 Å². The third kappa shape index (κ3) is 3.45. The average Bonchev–Trinajstić information content (AvgIpc) is 3.41. The van der Waals surface area contributed by atoms with Gasteiger partial charge < -0.3 is 10.1 Å². The lowest BCUT2D eigenvalue weighted by Gasteiger charge is -2.17. The van der Waals surface area contributed by atoms with E-state index in [4.69, 9.17) is 16.3 Å². The van der Waals surface area contributed by atoms with Crippen LogP contribution in [0.4, 0.5) is 5.82 Å². The van der Waals surface area contributed by atoms with Crippen LogP contribution in [0.1, 0.15) is 53.6 Å². The minimum absolute atomic E-state index is 0.00106. The van der Waals surface area contributed by atoms with Crippen LogP contribution in [0.25, 0.3) is 0 Å². The quantitative estimate of drug-likeness (QED) is 0.840. The number of ether oxygens (including phenoxy) is 1. The maximum atomic E-state index is 11.9. The summed E-state index contributed by atoms with van der Waals surface area (Å²) in [5, 5.41) is 3.48. The van der Waals surface area contributed by atoms with Gasteiger partial charge in [0.25, 0.3) is 0 Å². The zero-order valence-electron chi connectivity index (χ0n) is 13.0. The Balaban J connectivity index is 1.94. The molecule has 6 heteroatoms. The number of hydrogen-bond donors (Lipinski definition) is 1. The zero-order valence-corrected chi connectivity index (χ0v) is 13.8. The number of nitrogens with one attached hydrogen (secondary N) is 1. The van der Waals surface area contributed by atoms with Gasteiger partial charge in [0, 0.05) is 12.0 Å². The summed E-state index contributed by atoms with van der Waals surface area (Å²) < 4.78 is 4.78. The molecule has 1 N–H and O–H groups in total. The Morgan fingerprint density at radius 1 is 1.30 bits per heavy atom. The first-order chi connectivity index (χ1) is 11.1. The smallest absolute Gasteiger partial charge is 0.358 e. The van der Waals surface area contributed by atoms with Crippen molar-refractivity contribution >= 4 is 23.4 Å². The molecule has 1 aliphatic carbocycles. The first kappa shape index (κ1) is 15.7. The van der Waals surface area contributed by atoms with Crippen molar-refractivity contribution < 1.29 is 9.53 Å². The summed E-state index contributed by atoms with van der Waals surface area (Å²) in [6, 6.07) is 9.97. The highest BCUT2D eigenvalue weighted by atomic mass is 35.5. The minimum Gasteiger partial charge on any atom is -0.464 e. The van der Waals surface area contributed by atoms with Gasteiger partial charge in [0.1, 0.15) is 16.7 Å². The highest BCUT2D eigenvalue weighted by Gasteiger charge is 2.30. The van der Waals surface area contributed by atoms with Crippen molar-refractivity contribution in [3.05, 3.63) is 52.4 Å². The van der Waals surface area contributed by atoms with Gasteiger partial charge in [-0.1, -0.05) is 41.9 Å². The number of nitrogens with zero attached hydrogens (tertiary/aromatic N) is 2. The molecule has 1 aliphatic rings. The molecule has 120 valence electrons. The van der Waals surface area contributed by atoms with Gasteiger partial charge in [0.2, 0.25) is 0 Å². The first-order valence-electron chi connectivity index (χ1n) is 7.57. The maximum absolute atomic E-state index is 11.9. The second kappa shape index (κ2) is 6.54. The number of methoxy groups -OCH3 is 1. The van der Waals surface area contributed by atoms with Crippen molar-refractivity contribution in [2.45, 2.75) is 31.7 Å².